The summed E-state index contributed by atoms with van der Waals surface area (Å²) in [7, 11) is 3.31. The van der Waals surface area contributed by atoms with Gasteiger partial charge in [0, 0.05) is 20.1 Å². The number of alkyl halides is 2. The van der Waals surface area contributed by atoms with Crippen LogP contribution in [0.15, 0.2) is 48.5 Å². The van der Waals surface area contributed by atoms with Crippen LogP contribution in [-0.2, 0) is 13.0 Å². The lowest BCUT2D eigenvalue weighted by atomic mass is 10.1. The van der Waals surface area contributed by atoms with Crippen LogP contribution in [0.4, 0.5) is 13.6 Å². The molecule has 2 aromatic carbocycles. The minimum absolute atomic E-state index is 0.116. The molecule has 0 aliphatic rings. The lowest BCUT2D eigenvalue weighted by Crippen LogP contribution is -2.37. The largest absolute Gasteiger partial charge is 0.497 e. The Morgan fingerprint density at radius 2 is 1.85 bits per heavy atom. The lowest BCUT2D eigenvalue weighted by molar-refractivity contribution is -0.0498. The van der Waals surface area contributed by atoms with Crippen molar-refractivity contribution in [3.8, 4) is 11.5 Å². The first-order valence-electron chi connectivity index (χ1n) is 8.13. The van der Waals surface area contributed by atoms with Crippen LogP contribution in [0.25, 0.3) is 0 Å². The second-order valence-electron chi connectivity index (χ2n) is 5.71. The van der Waals surface area contributed by atoms with Crippen LogP contribution in [0, 0.1) is 0 Å². The van der Waals surface area contributed by atoms with Crippen molar-refractivity contribution in [2.45, 2.75) is 19.6 Å². The number of urea groups is 1. The van der Waals surface area contributed by atoms with E-state index in [2.05, 4.69) is 10.1 Å². The number of hydrogen-bond acceptors (Lipinski definition) is 3. The first kappa shape index (κ1) is 19.5. The molecule has 1 N–H and O–H groups in total. The number of halogens is 2. The Bertz CT molecular complexity index is 708. The number of carbonyl (C=O) groups excluding carboxylic acids is 1. The molecule has 0 radical (unpaired) electrons. The van der Waals surface area contributed by atoms with Crippen molar-refractivity contribution in [1.82, 2.24) is 10.2 Å². The molecule has 140 valence electrons. The van der Waals surface area contributed by atoms with Gasteiger partial charge in [0.2, 0.25) is 0 Å². The molecule has 0 unspecified atom stereocenters. The monoisotopic (exact) mass is 364 g/mol. The Kier molecular flexibility index (Phi) is 7.20. The third-order valence-electron chi connectivity index (χ3n) is 3.74. The fourth-order valence-electron chi connectivity index (χ4n) is 2.40. The van der Waals surface area contributed by atoms with Gasteiger partial charge in [-0.15, -0.1) is 0 Å². The molecular weight excluding hydrogens is 342 g/mol. The number of nitrogens with zero attached hydrogens (tertiary/aromatic N) is 1. The maximum absolute atomic E-state index is 12.1. The molecule has 0 aliphatic carbocycles. The van der Waals surface area contributed by atoms with Crippen molar-refractivity contribution in [2.75, 3.05) is 20.7 Å². The summed E-state index contributed by atoms with van der Waals surface area (Å²) in [6, 6.07) is 13.7. The van der Waals surface area contributed by atoms with Crippen molar-refractivity contribution in [3.05, 3.63) is 59.7 Å². The van der Waals surface area contributed by atoms with E-state index in [1.54, 1.807) is 31.2 Å². The number of ether oxygens (including phenoxy) is 2. The predicted octanol–water partition coefficient (Wildman–Crippen LogP) is 3.68. The highest BCUT2D eigenvalue weighted by atomic mass is 19.3. The van der Waals surface area contributed by atoms with Crippen molar-refractivity contribution >= 4 is 6.03 Å². The summed E-state index contributed by atoms with van der Waals surface area (Å²) in [5.41, 5.74) is 1.89. The number of methoxy groups -OCH3 is 1. The Morgan fingerprint density at radius 3 is 2.50 bits per heavy atom. The molecule has 2 amide bonds. The summed E-state index contributed by atoms with van der Waals surface area (Å²) in [5.74, 6) is 0.862. The molecule has 7 heteroatoms. The van der Waals surface area contributed by atoms with Crippen molar-refractivity contribution in [3.63, 3.8) is 0 Å². The normalized spacial score (nSPS) is 10.5. The van der Waals surface area contributed by atoms with E-state index in [0.29, 0.717) is 19.5 Å². The van der Waals surface area contributed by atoms with Crippen molar-refractivity contribution < 1.29 is 23.0 Å². The van der Waals surface area contributed by atoms with E-state index in [1.165, 1.54) is 12.1 Å². The van der Waals surface area contributed by atoms with Crippen LogP contribution in [0.5, 0.6) is 11.5 Å². The van der Waals surface area contributed by atoms with E-state index in [9.17, 15) is 13.6 Å². The summed E-state index contributed by atoms with van der Waals surface area (Å²) in [5, 5.41) is 2.83. The van der Waals surface area contributed by atoms with E-state index in [-0.39, 0.29) is 11.8 Å². The van der Waals surface area contributed by atoms with Crippen LogP contribution >= 0.6 is 0 Å². The summed E-state index contributed by atoms with van der Waals surface area (Å²) in [6.07, 6.45) is 0.591. The van der Waals surface area contributed by atoms with E-state index in [0.717, 1.165) is 16.9 Å². The van der Waals surface area contributed by atoms with Gasteiger partial charge in [-0.3, -0.25) is 0 Å². The molecular formula is C19H22F2N2O3. The maximum Gasteiger partial charge on any atom is 0.387 e. The molecule has 0 saturated heterocycles. The van der Waals surface area contributed by atoms with Gasteiger partial charge in [-0.1, -0.05) is 24.3 Å². The summed E-state index contributed by atoms with van der Waals surface area (Å²) < 4.78 is 33.7. The van der Waals surface area contributed by atoms with Crippen LogP contribution in [0.1, 0.15) is 11.1 Å². The zero-order valence-electron chi connectivity index (χ0n) is 14.7. The molecule has 0 aliphatic heterocycles. The van der Waals surface area contributed by atoms with Gasteiger partial charge < -0.3 is 19.7 Å². The summed E-state index contributed by atoms with van der Waals surface area (Å²) in [4.78, 5) is 13.7. The van der Waals surface area contributed by atoms with E-state index >= 15 is 0 Å². The fourth-order valence-corrected chi connectivity index (χ4v) is 2.40. The second kappa shape index (κ2) is 9.60. The van der Waals surface area contributed by atoms with E-state index < -0.39 is 6.61 Å². The van der Waals surface area contributed by atoms with Crippen LogP contribution < -0.4 is 14.8 Å². The number of benzene rings is 2. The van der Waals surface area contributed by atoms with E-state index in [1.807, 2.05) is 24.3 Å². The van der Waals surface area contributed by atoms with Gasteiger partial charge in [0.05, 0.1) is 7.11 Å². The molecule has 0 saturated carbocycles. The maximum atomic E-state index is 12.1. The molecule has 0 heterocycles. The second-order valence-corrected chi connectivity index (χ2v) is 5.71. The average molecular weight is 364 g/mol. The number of hydrogen-bond donors (Lipinski definition) is 1. The third-order valence-corrected chi connectivity index (χ3v) is 3.74. The van der Waals surface area contributed by atoms with Crippen LogP contribution in [-0.4, -0.2) is 38.2 Å². The minimum atomic E-state index is -2.83. The third kappa shape index (κ3) is 6.23. The Hall–Kier alpha value is -2.83. The Labute approximate surface area is 151 Å². The van der Waals surface area contributed by atoms with Gasteiger partial charge in [0.25, 0.3) is 0 Å². The highest BCUT2D eigenvalue weighted by Crippen LogP contribution is 2.15. The van der Waals surface area contributed by atoms with Gasteiger partial charge >= 0.3 is 12.6 Å². The summed E-state index contributed by atoms with van der Waals surface area (Å²) >= 11 is 0. The number of carbonyl (C=O) groups is 1. The summed E-state index contributed by atoms with van der Waals surface area (Å²) in [6.45, 7) is -1.93. The zero-order valence-corrected chi connectivity index (χ0v) is 14.7. The molecule has 0 fully saturated rings. The smallest absolute Gasteiger partial charge is 0.387 e. The SMILES string of the molecule is COc1cccc(CN(C)C(=O)NCCc2ccc(OC(F)F)cc2)c1. The Balaban J connectivity index is 1.76. The average Bonchev–Trinajstić information content (AvgIpc) is 2.62. The molecule has 2 rings (SSSR count). The standard InChI is InChI=1S/C19H22F2N2O3/c1-23(13-15-4-3-5-17(12-15)25-2)19(24)22-11-10-14-6-8-16(9-7-14)26-18(20)21/h3-9,12,18H,10-11,13H2,1-2H3,(H,22,24). The topological polar surface area (TPSA) is 50.8 Å². The van der Waals surface area contributed by atoms with E-state index in [4.69, 9.17) is 4.74 Å². The number of amides is 2. The van der Waals surface area contributed by atoms with Crippen molar-refractivity contribution in [1.29, 1.82) is 0 Å². The fraction of sp³-hybridized carbons (Fsp3) is 0.316. The minimum Gasteiger partial charge on any atom is -0.497 e. The number of rotatable bonds is 8. The first-order valence-corrected chi connectivity index (χ1v) is 8.13. The molecule has 5 nitrogen and oxygen atoms in total. The molecule has 0 aromatic heterocycles. The van der Waals surface area contributed by atoms with Crippen LogP contribution in [0.3, 0.4) is 0 Å². The molecule has 26 heavy (non-hydrogen) atoms. The van der Waals surface area contributed by atoms with Gasteiger partial charge in [-0.2, -0.15) is 8.78 Å². The van der Waals surface area contributed by atoms with Gasteiger partial charge in [-0.05, 0) is 41.8 Å². The zero-order chi connectivity index (χ0) is 18.9. The van der Waals surface area contributed by atoms with Gasteiger partial charge in [-0.25, -0.2) is 4.79 Å². The molecule has 2 aromatic rings. The molecule has 0 spiro atoms. The molecule has 0 bridgehead atoms. The first-order chi connectivity index (χ1) is 12.5. The highest BCUT2D eigenvalue weighted by Gasteiger charge is 2.09. The van der Waals surface area contributed by atoms with Crippen LogP contribution in [0.2, 0.25) is 0 Å². The Morgan fingerprint density at radius 1 is 1.12 bits per heavy atom. The predicted molar refractivity (Wildman–Crippen MR) is 94.6 cm³/mol. The van der Waals surface area contributed by atoms with Crippen molar-refractivity contribution in [2.24, 2.45) is 0 Å². The molecule has 0 atom stereocenters. The lowest BCUT2D eigenvalue weighted by Gasteiger charge is -2.18. The van der Waals surface area contributed by atoms with Gasteiger partial charge in [0.1, 0.15) is 11.5 Å². The highest BCUT2D eigenvalue weighted by molar-refractivity contribution is 5.73. The van der Waals surface area contributed by atoms with Gasteiger partial charge in [0.15, 0.2) is 0 Å². The quantitative estimate of drug-likeness (QED) is 0.777. The number of nitrogens with one attached hydrogen (secondary N) is 1.